The molecule has 2 atom stereocenters. The third kappa shape index (κ3) is 4.62. The Hall–Kier alpha value is -1.63. The second kappa shape index (κ2) is 8.59. The smallest absolute Gasteiger partial charge is 0.133 e. The van der Waals surface area contributed by atoms with Gasteiger partial charge in [-0.05, 0) is 71.2 Å². The van der Waals surface area contributed by atoms with Gasteiger partial charge < -0.3 is 9.64 Å². The van der Waals surface area contributed by atoms with Gasteiger partial charge in [-0.25, -0.2) is 4.98 Å². The summed E-state index contributed by atoms with van der Waals surface area (Å²) in [6, 6.07) is 10.3. The Kier molecular flexibility index (Phi) is 6.40. The van der Waals surface area contributed by atoms with Crippen LogP contribution in [-0.2, 0) is 11.3 Å². The largest absolute Gasteiger partial charge is 0.497 e. The van der Waals surface area contributed by atoms with Gasteiger partial charge in [0.15, 0.2) is 0 Å². The van der Waals surface area contributed by atoms with Gasteiger partial charge >= 0.3 is 0 Å². The maximum Gasteiger partial charge on any atom is 0.133 e. The zero-order valence-electron chi connectivity index (χ0n) is 16.5. The number of hydrogen-bond acceptors (Lipinski definition) is 4. The third-order valence-electron chi connectivity index (χ3n) is 5.49. The molecule has 0 saturated heterocycles. The molecule has 1 aromatic heterocycles. The summed E-state index contributed by atoms with van der Waals surface area (Å²) in [6.07, 6.45) is 2.30. The van der Waals surface area contributed by atoms with Gasteiger partial charge in [-0.1, -0.05) is 19.1 Å². The van der Waals surface area contributed by atoms with Crippen LogP contribution in [0, 0.1) is 16.4 Å². The lowest BCUT2D eigenvalue weighted by Gasteiger charge is -2.30. The minimum Gasteiger partial charge on any atom is -0.497 e. The third-order valence-corrected chi connectivity index (χ3v) is 6.89. The van der Waals surface area contributed by atoms with Crippen molar-refractivity contribution in [3.05, 3.63) is 50.7 Å². The SMILES string of the molecule is COc1ccc(CN(C)c2cc(C)c(I)c(C3CC(=O)CCC3C)n2)cc1. The number of methoxy groups -OCH3 is 1. The first-order valence-electron chi connectivity index (χ1n) is 9.41. The average Bonchev–Trinajstić information content (AvgIpc) is 2.66. The Morgan fingerprint density at radius 1 is 1.30 bits per heavy atom. The molecular weight excluding hydrogens is 451 g/mol. The van der Waals surface area contributed by atoms with E-state index in [1.165, 1.54) is 14.7 Å². The molecule has 1 aromatic carbocycles. The van der Waals surface area contributed by atoms with E-state index in [0.717, 1.165) is 30.2 Å². The van der Waals surface area contributed by atoms with E-state index >= 15 is 0 Å². The Balaban J connectivity index is 1.86. The first-order chi connectivity index (χ1) is 12.9. The lowest BCUT2D eigenvalue weighted by molar-refractivity contribution is -0.121. The normalized spacial score (nSPS) is 19.8. The predicted molar refractivity (Wildman–Crippen MR) is 118 cm³/mol. The van der Waals surface area contributed by atoms with Gasteiger partial charge in [-0.2, -0.15) is 0 Å². The highest BCUT2D eigenvalue weighted by atomic mass is 127. The van der Waals surface area contributed by atoms with Crippen LogP contribution in [-0.4, -0.2) is 24.9 Å². The van der Waals surface area contributed by atoms with Gasteiger partial charge in [0.2, 0.25) is 0 Å². The van der Waals surface area contributed by atoms with E-state index in [2.05, 4.69) is 66.6 Å². The summed E-state index contributed by atoms with van der Waals surface area (Å²) in [5, 5.41) is 0. The minimum absolute atomic E-state index is 0.228. The number of rotatable bonds is 5. The van der Waals surface area contributed by atoms with Gasteiger partial charge in [-0.3, -0.25) is 4.79 Å². The number of benzene rings is 1. The van der Waals surface area contributed by atoms with Gasteiger partial charge in [0.1, 0.15) is 17.4 Å². The summed E-state index contributed by atoms with van der Waals surface area (Å²) in [5.74, 6) is 2.91. The van der Waals surface area contributed by atoms with Crippen molar-refractivity contribution in [3.63, 3.8) is 0 Å². The molecule has 1 aliphatic rings. The van der Waals surface area contributed by atoms with Crippen molar-refractivity contribution in [2.45, 2.75) is 45.6 Å². The molecule has 0 spiro atoms. The Morgan fingerprint density at radius 2 is 2.00 bits per heavy atom. The van der Waals surface area contributed by atoms with Crippen LogP contribution >= 0.6 is 22.6 Å². The van der Waals surface area contributed by atoms with E-state index in [-0.39, 0.29) is 5.92 Å². The molecule has 1 fully saturated rings. The number of ether oxygens (including phenoxy) is 1. The van der Waals surface area contributed by atoms with Crippen LogP contribution < -0.4 is 9.64 Å². The summed E-state index contributed by atoms with van der Waals surface area (Å²) in [5.41, 5.74) is 3.52. The van der Waals surface area contributed by atoms with Crippen molar-refractivity contribution in [1.29, 1.82) is 0 Å². The first kappa shape index (κ1) is 20.1. The topological polar surface area (TPSA) is 42.4 Å². The number of carbonyl (C=O) groups is 1. The zero-order valence-corrected chi connectivity index (χ0v) is 18.6. The van der Waals surface area contributed by atoms with Crippen LogP contribution in [0.2, 0.25) is 0 Å². The van der Waals surface area contributed by atoms with Crippen LogP contribution in [0.4, 0.5) is 5.82 Å². The van der Waals surface area contributed by atoms with Crippen LogP contribution in [0.3, 0.4) is 0 Å². The van der Waals surface area contributed by atoms with Crippen molar-refractivity contribution in [2.24, 2.45) is 5.92 Å². The van der Waals surface area contributed by atoms with Gasteiger partial charge in [0, 0.05) is 35.9 Å². The van der Waals surface area contributed by atoms with Crippen molar-refractivity contribution in [2.75, 3.05) is 19.1 Å². The zero-order chi connectivity index (χ0) is 19.6. The quantitative estimate of drug-likeness (QED) is 0.561. The summed E-state index contributed by atoms with van der Waals surface area (Å²) in [4.78, 5) is 19.2. The highest BCUT2D eigenvalue weighted by Gasteiger charge is 2.30. The summed E-state index contributed by atoms with van der Waals surface area (Å²) in [7, 11) is 3.75. The number of hydrogen-bond donors (Lipinski definition) is 0. The fourth-order valence-corrected chi connectivity index (χ4v) is 4.37. The molecule has 4 nitrogen and oxygen atoms in total. The van der Waals surface area contributed by atoms with Crippen LogP contribution in [0.15, 0.2) is 30.3 Å². The average molecular weight is 478 g/mol. The molecule has 0 radical (unpaired) electrons. The van der Waals surface area contributed by atoms with Gasteiger partial charge in [0.05, 0.1) is 12.8 Å². The number of nitrogens with zero attached hydrogens (tertiary/aromatic N) is 2. The van der Waals surface area contributed by atoms with E-state index < -0.39 is 0 Å². The molecular formula is C22H27IN2O2. The second-order valence-electron chi connectivity index (χ2n) is 7.57. The molecule has 2 unspecified atom stereocenters. The highest BCUT2D eigenvalue weighted by Crippen LogP contribution is 2.38. The van der Waals surface area contributed by atoms with E-state index in [1.807, 2.05) is 12.1 Å². The van der Waals surface area contributed by atoms with E-state index in [9.17, 15) is 4.79 Å². The van der Waals surface area contributed by atoms with Crippen molar-refractivity contribution >= 4 is 34.2 Å². The number of ketones is 1. The molecule has 3 rings (SSSR count). The molecule has 1 saturated carbocycles. The van der Waals surface area contributed by atoms with Crippen LogP contribution in [0.5, 0.6) is 5.75 Å². The van der Waals surface area contributed by atoms with Crippen molar-refractivity contribution < 1.29 is 9.53 Å². The molecule has 0 bridgehead atoms. The van der Waals surface area contributed by atoms with Crippen LogP contribution in [0.1, 0.15) is 48.9 Å². The molecule has 1 heterocycles. The number of aryl methyl sites for hydroxylation is 1. The molecule has 0 aliphatic heterocycles. The Bertz CT molecular complexity index is 820. The molecule has 0 N–H and O–H groups in total. The maximum absolute atomic E-state index is 12.0. The monoisotopic (exact) mass is 478 g/mol. The Labute approximate surface area is 175 Å². The van der Waals surface area contributed by atoms with E-state index in [0.29, 0.717) is 24.5 Å². The van der Waals surface area contributed by atoms with Crippen LogP contribution in [0.25, 0.3) is 0 Å². The van der Waals surface area contributed by atoms with E-state index in [4.69, 9.17) is 9.72 Å². The lowest BCUT2D eigenvalue weighted by Crippen LogP contribution is -2.25. The Morgan fingerprint density at radius 3 is 2.67 bits per heavy atom. The first-order valence-corrected chi connectivity index (χ1v) is 10.5. The minimum atomic E-state index is 0.228. The van der Waals surface area contributed by atoms with Gasteiger partial charge in [0.25, 0.3) is 0 Å². The van der Waals surface area contributed by atoms with Crippen molar-refractivity contribution in [3.8, 4) is 5.75 Å². The highest BCUT2D eigenvalue weighted by molar-refractivity contribution is 14.1. The standard InChI is InChI=1S/C22H27IN2O2/c1-14-5-8-17(26)12-19(14)22-21(23)15(2)11-20(24-22)25(3)13-16-6-9-18(27-4)10-7-16/h6-7,9-11,14,19H,5,8,12-13H2,1-4H3. The number of pyridine rings is 1. The molecule has 144 valence electrons. The number of Topliss-reactive ketones (excluding diaryl/α,β-unsaturated/α-hetero) is 1. The molecule has 0 amide bonds. The fourth-order valence-electron chi connectivity index (χ4n) is 3.70. The number of aromatic nitrogens is 1. The number of halogens is 1. The predicted octanol–water partition coefficient (Wildman–Crippen LogP) is 5.11. The summed E-state index contributed by atoms with van der Waals surface area (Å²) in [6.45, 7) is 5.15. The molecule has 2 aromatic rings. The fraction of sp³-hybridized carbons (Fsp3) is 0.455. The number of carbonyl (C=O) groups excluding carboxylic acids is 1. The second-order valence-corrected chi connectivity index (χ2v) is 8.64. The molecule has 5 heteroatoms. The maximum atomic E-state index is 12.0. The van der Waals surface area contributed by atoms with Gasteiger partial charge in [-0.15, -0.1) is 0 Å². The van der Waals surface area contributed by atoms with E-state index in [1.54, 1.807) is 7.11 Å². The summed E-state index contributed by atoms with van der Waals surface area (Å²) < 4.78 is 6.43. The number of anilines is 1. The lowest BCUT2D eigenvalue weighted by atomic mass is 9.77. The molecule has 1 aliphatic carbocycles. The van der Waals surface area contributed by atoms with Crippen molar-refractivity contribution in [1.82, 2.24) is 4.98 Å². The summed E-state index contributed by atoms with van der Waals surface area (Å²) >= 11 is 2.39. The molecule has 27 heavy (non-hydrogen) atoms.